The first-order valence-electron chi connectivity index (χ1n) is 10.0. The molecule has 2 N–H and O–H groups in total. The average molecular weight is 362 g/mol. The van der Waals surface area contributed by atoms with Crippen molar-refractivity contribution in [3.05, 3.63) is 34.6 Å². The van der Waals surface area contributed by atoms with Crippen molar-refractivity contribution >= 4 is 5.91 Å². The van der Waals surface area contributed by atoms with E-state index in [1.165, 1.54) is 57.4 Å². The zero-order chi connectivity index (χ0) is 18.6. The van der Waals surface area contributed by atoms with E-state index in [1.807, 2.05) is 0 Å². The minimum absolute atomic E-state index is 0.180. The van der Waals surface area contributed by atoms with Gasteiger partial charge in [-0.05, 0) is 61.8 Å². The Morgan fingerprint density at radius 1 is 1.31 bits per heavy atom. The Morgan fingerprint density at radius 2 is 2.08 bits per heavy atom. The second-order valence-electron chi connectivity index (χ2n) is 8.08. The molecular formula is C21H31FN2O2. The lowest BCUT2D eigenvalue weighted by molar-refractivity contribution is 0.0705. The summed E-state index contributed by atoms with van der Waals surface area (Å²) in [6.07, 6.45) is 11.4. The van der Waals surface area contributed by atoms with E-state index >= 15 is 0 Å². The molecule has 0 spiro atoms. The number of hydrogen-bond donors (Lipinski definition) is 2. The first kappa shape index (κ1) is 19.3. The molecule has 1 saturated carbocycles. The van der Waals surface area contributed by atoms with Crippen LogP contribution in [0.15, 0.2) is 12.1 Å². The van der Waals surface area contributed by atoms with E-state index in [4.69, 9.17) is 5.21 Å². The van der Waals surface area contributed by atoms with E-state index in [1.54, 1.807) is 11.5 Å². The summed E-state index contributed by atoms with van der Waals surface area (Å²) in [5, 5.41) is 8.74. The number of amides is 1. The van der Waals surface area contributed by atoms with E-state index in [-0.39, 0.29) is 11.4 Å². The van der Waals surface area contributed by atoms with Crippen LogP contribution < -0.4 is 5.48 Å². The molecule has 1 fully saturated rings. The Bertz CT molecular complexity index is 641. The third kappa shape index (κ3) is 4.26. The van der Waals surface area contributed by atoms with Crippen LogP contribution in [0.2, 0.25) is 0 Å². The van der Waals surface area contributed by atoms with E-state index in [9.17, 15) is 9.18 Å². The van der Waals surface area contributed by atoms with Crippen molar-refractivity contribution in [1.82, 2.24) is 10.4 Å². The summed E-state index contributed by atoms with van der Waals surface area (Å²) < 4.78 is 14.4. The molecule has 0 unspecified atom stereocenters. The van der Waals surface area contributed by atoms with Crippen molar-refractivity contribution in [2.45, 2.75) is 71.3 Å². The summed E-state index contributed by atoms with van der Waals surface area (Å²) in [6.45, 7) is 4.86. The molecule has 1 aromatic rings. The molecule has 0 atom stereocenters. The number of hydrogen-bond acceptors (Lipinski definition) is 3. The van der Waals surface area contributed by atoms with Crippen LogP contribution >= 0.6 is 0 Å². The maximum atomic E-state index is 14.4. The van der Waals surface area contributed by atoms with Crippen molar-refractivity contribution < 1.29 is 14.4 Å². The molecule has 0 saturated heterocycles. The predicted molar refractivity (Wildman–Crippen MR) is 99.7 cm³/mol. The lowest BCUT2D eigenvalue weighted by atomic mass is 9.69. The molecular weight excluding hydrogens is 331 g/mol. The van der Waals surface area contributed by atoms with Crippen molar-refractivity contribution in [2.24, 2.45) is 5.41 Å². The Morgan fingerprint density at radius 3 is 2.77 bits per heavy atom. The highest BCUT2D eigenvalue weighted by molar-refractivity contribution is 5.93. The molecule has 0 aromatic heterocycles. The summed E-state index contributed by atoms with van der Waals surface area (Å²) in [5.41, 5.74) is 3.89. The minimum atomic E-state index is -0.661. The highest BCUT2D eigenvalue weighted by atomic mass is 19.1. The SMILES string of the molecule is CCC1(CCCN2CCc3cc(C(=O)NO)cc(F)c3C2)CCCCC1. The van der Waals surface area contributed by atoms with Gasteiger partial charge in [-0.2, -0.15) is 0 Å². The minimum Gasteiger partial charge on any atom is -0.299 e. The fraction of sp³-hybridized carbons (Fsp3) is 0.667. The molecule has 1 aliphatic carbocycles. The van der Waals surface area contributed by atoms with Gasteiger partial charge in [-0.25, -0.2) is 9.87 Å². The van der Waals surface area contributed by atoms with Gasteiger partial charge in [0, 0.05) is 24.2 Å². The molecule has 1 heterocycles. The van der Waals surface area contributed by atoms with Crippen LogP contribution in [-0.2, 0) is 13.0 Å². The number of rotatable bonds is 6. The Balaban J connectivity index is 1.57. The van der Waals surface area contributed by atoms with Gasteiger partial charge < -0.3 is 0 Å². The number of fused-ring (bicyclic) bond motifs is 1. The highest BCUT2D eigenvalue weighted by Crippen LogP contribution is 2.43. The van der Waals surface area contributed by atoms with Crippen LogP contribution in [0.1, 0.15) is 79.8 Å². The van der Waals surface area contributed by atoms with Crippen molar-refractivity contribution in [2.75, 3.05) is 13.1 Å². The molecule has 0 bridgehead atoms. The number of nitrogens with zero attached hydrogens (tertiary/aromatic N) is 1. The van der Waals surface area contributed by atoms with E-state index in [0.29, 0.717) is 17.5 Å². The first-order chi connectivity index (χ1) is 12.6. The van der Waals surface area contributed by atoms with E-state index in [2.05, 4.69) is 11.8 Å². The number of carbonyl (C=O) groups excluding carboxylic acids is 1. The van der Waals surface area contributed by atoms with Gasteiger partial charge in [0.1, 0.15) is 5.82 Å². The summed E-state index contributed by atoms with van der Waals surface area (Å²) in [6, 6.07) is 2.93. The number of hydroxylamine groups is 1. The van der Waals surface area contributed by atoms with E-state index < -0.39 is 5.91 Å². The summed E-state index contributed by atoms with van der Waals surface area (Å²) in [7, 11) is 0. The van der Waals surface area contributed by atoms with Gasteiger partial charge in [0.15, 0.2) is 0 Å². The molecule has 4 nitrogen and oxygen atoms in total. The smallest absolute Gasteiger partial charge is 0.274 e. The van der Waals surface area contributed by atoms with E-state index in [0.717, 1.165) is 25.1 Å². The summed E-state index contributed by atoms with van der Waals surface area (Å²) in [4.78, 5) is 13.9. The standard InChI is InChI=1S/C21H31FN2O2/c1-2-21(8-4-3-5-9-21)10-6-11-24-12-7-16-13-17(20(25)23-26)14-19(22)18(16)15-24/h13-14,26H,2-12,15H2,1H3,(H,23,25). The monoisotopic (exact) mass is 362 g/mol. The third-order valence-electron chi connectivity index (χ3n) is 6.58. The zero-order valence-corrected chi connectivity index (χ0v) is 15.8. The third-order valence-corrected chi connectivity index (χ3v) is 6.58. The molecule has 26 heavy (non-hydrogen) atoms. The molecule has 1 amide bonds. The van der Waals surface area contributed by atoms with Gasteiger partial charge in [-0.3, -0.25) is 14.9 Å². The maximum Gasteiger partial charge on any atom is 0.274 e. The van der Waals surface area contributed by atoms with Crippen molar-refractivity contribution in [1.29, 1.82) is 0 Å². The number of nitrogens with one attached hydrogen (secondary N) is 1. The fourth-order valence-corrected chi connectivity index (χ4v) is 4.82. The topological polar surface area (TPSA) is 52.6 Å². The van der Waals surface area contributed by atoms with Gasteiger partial charge >= 0.3 is 0 Å². The Hall–Kier alpha value is -1.46. The molecule has 5 heteroatoms. The van der Waals surface area contributed by atoms with Crippen molar-refractivity contribution in [3.63, 3.8) is 0 Å². The van der Waals surface area contributed by atoms with Gasteiger partial charge in [0.25, 0.3) is 5.91 Å². The molecule has 0 radical (unpaired) electrons. The number of carbonyl (C=O) groups is 1. The highest BCUT2D eigenvalue weighted by Gasteiger charge is 2.30. The second kappa shape index (κ2) is 8.49. The van der Waals surface area contributed by atoms with Crippen molar-refractivity contribution in [3.8, 4) is 0 Å². The molecule has 3 rings (SSSR count). The number of halogens is 1. The van der Waals surface area contributed by atoms with Crippen LogP contribution in [0.25, 0.3) is 0 Å². The maximum absolute atomic E-state index is 14.4. The van der Waals surface area contributed by atoms with Crippen LogP contribution in [0.5, 0.6) is 0 Å². The second-order valence-corrected chi connectivity index (χ2v) is 8.08. The quantitative estimate of drug-likeness (QED) is 0.581. The summed E-state index contributed by atoms with van der Waals surface area (Å²) >= 11 is 0. The molecule has 2 aliphatic rings. The molecule has 1 aromatic carbocycles. The zero-order valence-electron chi connectivity index (χ0n) is 15.8. The van der Waals surface area contributed by atoms with Crippen LogP contribution in [0, 0.1) is 11.2 Å². The normalized spacial score (nSPS) is 19.8. The lowest BCUT2D eigenvalue weighted by Gasteiger charge is -2.37. The van der Waals surface area contributed by atoms with Gasteiger partial charge in [0.2, 0.25) is 0 Å². The fourth-order valence-electron chi connectivity index (χ4n) is 4.82. The average Bonchev–Trinajstić information content (AvgIpc) is 2.68. The predicted octanol–water partition coefficient (Wildman–Crippen LogP) is 4.44. The van der Waals surface area contributed by atoms with Gasteiger partial charge in [-0.1, -0.05) is 32.6 Å². The Kier molecular flexibility index (Phi) is 6.30. The molecule has 144 valence electrons. The number of benzene rings is 1. The van der Waals surface area contributed by atoms with Crippen LogP contribution in [0.3, 0.4) is 0 Å². The van der Waals surface area contributed by atoms with Crippen LogP contribution in [0.4, 0.5) is 4.39 Å². The Labute approximate surface area is 155 Å². The van der Waals surface area contributed by atoms with Crippen LogP contribution in [-0.4, -0.2) is 29.1 Å². The first-order valence-corrected chi connectivity index (χ1v) is 10.0. The van der Waals surface area contributed by atoms with Gasteiger partial charge in [-0.15, -0.1) is 0 Å². The lowest BCUT2D eigenvalue weighted by Crippen LogP contribution is -2.33. The van der Waals surface area contributed by atoms with Gasteiger partial charge in [0.05, 0.1) is 0 Å². The largest absolute Gasteiger partial charge is 0.299 e. The summed E-state index contributed by atoms with van der Waals surface area (Å²) in [5.74, 6) is -1.01. The molecule has 1 aliphatic heterocycles.